The maximum Gasteiger partial charge on any atom is 0.408 e. The molecule has 1 rings (SSSR count). The molecule has 8 heteroatoms. The van der Waals surface area contributed by atoms with E-state index in [1.165, 1.54) is 28.5 Å². The Morgan fingerprint density at radius 1 is 1.00 bits per heavy atom. The highest BCUT2D eigenvalue weighted by molar-refractivity contribution is 7.99. The third-order valence-electron chi connectivity index (χ3n) is 5.49. The molecule has 0 bridgehead atoms. The number of carboxylic acids is 1. The molecule has 0 aromatic rings. The van der Waals surface area contributed by atoms with Crippen LogP contribution < -0.4 is 10.6 Å². The summed E-state index contributed by atoms with van der Waals surface area (Å²) in [5.74, 6) is -0.643. The quantitative estimate of drug-likeness (QED) is 0.179. The van der Waals surface area contributed by atoms with Crippen molar-refractivity contribution in [3.05, 3.63) is 34.9 Å². The molecule has 0 heterocycles. The zero-order valence-electron chi connectivity index (χ0n) is 22.5. The van der Waals surface area contributed by atoms with E-state index < -0.39 is 35.2 Å². The van der Waals surface area contributed by atoms with E-state index in [0.29, 0.717) is 18.6 Å². The lowest BCUT2D eigenvalue weighted by molar-refractivity contribution is -0.141. The molecule has 1 aliphatic carbocycles. The third kappa shape index (κ3) is 14.4. The summed E-state index contributed by atoms with van der Waals surface area (Å²) in [5, 5.41) is 14.7. The summed E-state index contributed by atoms with van der Waals surface area (Å²) < 4.78 is 5.22. The minimum Gasteiger partial charge on any atom is -0.480 e. The second-order valence-corrected chi connectivity index (χ2v) is 11.6. The number of alkyl carbamates (subject to hydrolysis) is 1. The topological polar surface area (TPSA) is 105 Å². The molecule has 1 saturated carbocycles. The lowest BCUT2D eigenvalue weighted by Crippen LogP contribution is -2.54. The number of ether oxygens (including phenoxy) is 1. The van der Waals surface area contributed by atoms with Crippen LogP contribution in [0.2, 0.25) is 0 Å². The van der Waals surface area contributed by atoms with Crippen LogP contribution in [-0.4, -0.2) is 51.8 Å². The predicted molar refractivity (Wildman–Crippen MR) is 150 cm³/mol. The summed E-state index contributed by atoms with van der Waals surface area (Å²) in [6.07, 6.45) is 11.0. The van der Waals surface area contributed by atoms with Crippen LogP contribution in [0.3, 0.4) is 0 Å². The van der Waals surface area contributed by atoms with Gasteiger partial charge in [0.15, 0.2) is 0 Å². The van der Waals surface area contributed by atoms with Gasteiger partial charge in [0, 0.05) is 11.5 Å². The number of hydrogen-bond donors (Lipinski definition) is 3. The molecular formula is C28H48N2O5S. The van der Waals surface area contributed by atoms with Crippen molar-refractivity contribution in [1.82, 2.24) is 10.6 Å². The Labute approximate surface area is 222 Å². The van der Waals surface area contributed by atoms with Crippen LogP contribution in [0.4, 0.5) is 4.79 Å². The van der Waals surface area contributed by atoms with Crippen LogP contribution in [-0.2, 0) is 14.3 Å². The fourth-order valence-electron chi connectivity index (χ4n) is 3.23. The average Bonchev–Trinajstić information content (AvgIpc) is 3.48. The largest absolute Gasteiger partial charge is 0.480 e. The second-order valence-electron chi connectivity index (χ2n) is 10.6. The normalized spacial score (nSPS) is 15.8. The van der Waals surface area contributed by atoms with Gasteiger partial charge in [0.25, 0.3) is 0 Å². The van der Waals surface area contributed by atoms with Crippen LogP contribution in [0.5, 0.6) is 0 Å². The van der Waals surface area contributed by atoms with E-state index in [1.807, 2.05) is 0 Å². The molecule has 0 aromatic heterocycles. The van der Waals surface area contributed by atoms with Gasteiger partial charge >= 0.3 is 12.1 Å². The van der Waals surface area contributed by atoms with Crippen LogP contribution in [0.1, 0.15) is 94.4 Å². The number of allylic oxidation sites excluding steroid dienone is 5. The molecule has 0 unspecified atom stereocenters. The minimum absolute atomic E-state index is 0. The first-order valence-electron chi connectivity index (χ1n) is 12.3. The van der Waals surface area contributed by atoms with Crippen molar-refractivity contribution < 1.29 is 24.2 Å². The van der Waals surface area contributed by atoms with Crippen molar-refractivity contribution in [3.63, 3.8) is 0 Å². The van der Waals surface area contributed by atoms with Gasteiger partial charge in [-0.3, -0.25) is 4.79 Å². The smallest absolute Gasteiger partial charge is 0.408 e. The highest BCUT2D eigenvalue weighted by Crippen LogP contribution is 2.36. The Hall–Kier alpha value is -2.22. The summed E-state index contributed by atoms with van der Waals surface area (Å²) in [6, 6.07) is -1.02. The molecule has 0 aromatic carbocycles. The number of thioether (sulfide) groups is 1. The Bertz CT molecular complexity index is 831. The van der Waals surface area contributed by atoms with E-state index in [4.69, 9.17) is 4.74 Å². The maximum atomic E-state index is 12.7. The zero-order valence-corrected chi connectivity index (χ0v) is 23.3. The van der Waals surface area contributed by atoms with E-state index in [0.717, 1.165) is 25.7 Å². The predicted octanol–water partition coefficient (Wildman–Crippen LogP) is 6.40. The summed E-state index contributed by atoms with van der Waals surface area (Å²) in [4.78, 5) is 36.4. The molecule has 3 N–H and O–H groups in total. The summed E-state index contributed by atoms with van der Waals surface area (Å²) in [5.41, 5.74) is 2.26. The molecule has 1 atom stereocenters. The van der Waals surface area contributed by atoms with Gasteiger partial charge in [0.2, 0.25) is 5.91 Å². The van der Waals surface area contributed by atoms with E-state index in [1.54, 1.807) is 20.8 Å². The SMILES string of the molecule is C.CC(C)=CCC/C(C)=C/CC/C(C)=C/CSC[C@H](NC(=O)C1(NC(=O)OC(C)(C)C)CC1)C(=O)O. The molecule has 1 fully saturated rings. The molecule has 36 heavy (non-hydrogen) atoms. The molecule has 2 amide bonds. The van der Waals surface area contributed by atoms with Crippen LogP contribution in [0, 0.1) is 0 Å². The first-order chi connectivity index (χ1) is 16.2. The summed E-state index contributed by atoms with van der Waals surface area (Å²) in [6.45, 7) is 13.7. The molecule has 0 saturated heterocycles. The fourth-order valence-corrected chi connectivity index (χ4v) is 4.23. The Morgan fingerprint density at radius 3 is 2.06 bits per heavy atom. The third-order valence-corrected chi connectivity index (χ3v) is 6.46. The van der Waals surface area contributed by atoms with Gasteiger partial charge in [-0.25, -0.2) is 9.59 Å². The second kappa shape index (κ2) is 15.8. The molecular weight excluding hydrogens is 476 g/mol. The monoisotopic (exact) mass is 524 g/mol. The van der Waals surface area contributed by atoms with Crippen LogP contribution >= 0.6 is 11.8 Å². The first-order valence-corrected chi connectivity index (χ1v) is 13.5. The van der Waals surface area contributed by atoms with Gasteiger partial charge in [-0.2, -0.15) is 11.8 Å². The minimum atomic E-state index is -1.09. The lowest BCUT2D eigenvalue weighted by atomic mass is 10.1. The van der Waals surface area contributed by atoms with Crippen molar-refractivity contribution in [2.45, 2.75) is 112 Å². The Morgan fingerprint density at radius 2 is 1.56 bits per heavy atom. The summed E-state index contributed by atoms with van der Waals surface area (Å²) >= 11 is 1.46. The molecule has 0 radical (unpaired) electrons. The van der Waals surface area contributed by atoms with Crippen molar-refractivity contribution in [3.8, 4) is 0 Å². The number of carbonyl (C=O) groups is 3. The van der Waals surface area contributed by atoms with E-state index in [-0.39, 0.29) is 13.2 Å². The van der Waals surface area contributed by atoms with Gasteiger partial charge in [-0.15, -0.1) is 0 Å². The van der Waals surface area contributed by atoms with E-state index in [9.17, 15) is 19.5 Å². The number of rotatable bonds is 14. The van der Waals surface area contributed by atoms with Gasteiger partial charge in [0.1, 0.15) is 17.2 Å². The number of carbonyl (C=O) groups excluding carboxylic acids is 2. The van der Waals surface area contributed by atoms with Crippen LogP contribution in [0.15, 0.2) is 34.9 Å². The lowest BCUT2D eigenvalue weighted by Gasteiger charge is -2.24. The molecule has 0 spiro atoms. The molecule has 1 aliphatic rings. The molecule has 0 aliphatic heterocycles. The van der Waals surface area contributed by atoms with Crippen molar-refractivity contribution >= 4 is 29.7 Å². The highest BCUT2D eigenvalue weighted by Gasteiger charge is 2.52. The Balaban J connectivity index is 0.0000122. The highest BCUT2D eigenvalue weighted by atomic mass is 32.2. The van der Waals surface area contributed by atoms with E-state index >= 15 is 0 Å². The first kappa shape index (κ1) is 33.8. The van der Waals surface area contributed by atoms with Crippen molar-refractivity contribution in [2.24, 2.45) is 0 Å². The number of aliphatic carboxylic acids is 1. The Kier molecular flexibility index (Phi) is 14.8. The van der Waals surface area contributed by atoms with Crippen molar-refractivity contribution in [1.29, 1.82) is 0 Å². The molecule has 7 nitrogen and oxygen atoms in total. The number of amides is 2. The van der Waals surface area contributed by atoms with Crippen LogP contribution in [0.25, 0.3) is 0 Å². The fraction of sp³-hybridized carbons (Fsp3) is 0.679. The van der Waals surface area contributed by atoms with Gasteiger partial charge < -0.3 is 20.5 Å². The number of carboxylic acid groups (broad SMARTS) is 1. The zero-order chi connectivity index (χ0) is 26.6. The van der Waals surface area contributed by atoms with E-state index in [2.05, 4.69) is 56.6 Å². The summed E-state index contributed by atoms with van der Waals surface area (Å²) in [7, 11) is 0. The average molecular weight is 525 g/mol. The molecule has 206 valence electrons. The van der Waals surface area contributed by atoms with Gasteiger partial charge in [-0.05, 0) is 87.0 Å². The maximum absolute atomic E-state index is 12.7. The van der Waals surface area contributed by atoms with Gasteiger partial charge in [-0.1, -0.05) is 42.4 Å². The number of hydrogen-bond acceptors (Lipinski definition) is 5. The standard InChI is InChI=1S/C27H44N2O5S.CH4/c1-19(2)10-8-11-20(3)12-9-13-21(4)14-17-35-18-22(23(30)31)28-24(32)27(15-16-27)29-25(33)34-26(5,6)7;/h10,12,14,22H,8-9,11,13,15-18H2,1-7H3,(H,28,32)(H,29,33)(H,30,31);1H4/b20-12+,21-14+;/t22-;/m0./s1. The van der Waals surface area contributed by atoms with Crippen molar-refractivity contribution in [2.75, 3.05) is 11.5 Å². The number of nitrogens with one attached hydrogen (secondary N) is 2. The van der Waals surface area contributed by atoms with Gasteiger partial charge in [0.05, 0.1) is 0 Å².